The van der Waals surface area contributed by atoms with Crippen molar-refractivity contribution in [2.24, 2.45) is 0 Å². The average molecular weight is 136 g/mol. The topological polar surface area (TPSA) is 37.3 Å². The second-order valence-electron chi connectivity index (χ2n) is 1.36. The predicted octanol–water partition coefficient (Wildman–Crippen LogP) is 0.544. The van der Waals surface area contributed by atoms with E-state index in [1.54, 1.807) is 13.0 Å². The Bertz CT molecular complexity index is 154. The molecule has 2 nitrogen and oxygen atoms in total. The van der Waals surface area contributed by atoms with Gasteiger partial charge in [-0.15, -0.1) is 5.73 Å². The number of hydrogen-bond donors (Lipinski definition) is 1. The van der Waals surface area contributed by atoms with Gasteiger partial charge >= 0.3 is 35.5 Å². The monoisotopic (exact) mass is 136 g/mol. The van der Waals surface area contributed by atoms with Gasteiger partial charge in [-0.1, -0.05) is 0 Å². The number of hydrogen-bond acceptors (Lipinski definition) is 1. The molecule has 3 heteroatoms. The third kappa shape index (κ3) is 5.87. The maximum atomic E-state index is 9.97. The molecular weight excluding hydrogens is 127 g/mol. The number of aliphatic carboxylic acids is 1. The standard InChI is InChI=1S/C6H8O2.Na.H/c1-3-4-5(2)6(7)8;;/h3H,1-2H3,(H,7,8);;. The van der Waals surface area contributed by atoms with Gasteiger partial charge in [0.05, 0.1) is 5.57 Å². The summed E-state index contributed by atoms with van der Waals surface area (Å²) in [5.41, 5.74) is 2.78. The van der Waals surface area contributed by atoms with E-state index in [1.807, 2.05) is 0 Å². The van der Waals surface area contributed by atoms with E-state index in [1.165, 1.54) is 6.92 Å². The first-order chi connectivity index (χ1) is 3.68. The van der Waals surface area contributed by atoms with Crippen LogP contribution in [-0.2, 0) is 4.79 Å². The molecule has 0 aromatic carbocycles. The van der Waals surface area contributed by atoms with Crippen LogP contribution in [0.25, 0.3) is 0 Å². The van der Waals surface area contributed by atoms with Crippen LogP contribution in [0.3, 0.4) is 0 Å². The molecule has 0 aromatic heterocycles. The first kappa shape index (κ1) is 11.7. The average Bonchev–Trinajstić information content (AvgIpc) is 1.67. The van der Waals surface area contributed by atoms with Crippen molar-refractivity contribution in [3.8, 4) is 0 Å². The van der Waals surface area contributed by atoms with E-state index in [9.17, 15) is 4.79 Å². The zero-order chi connectivity index (χ0) is 6.57. The molecule has 0 aliphatic rings. The molecule has 0 bridgehead atoms. The number of rotatable bonds is 1. The summed E-state index contributed by atoms with van der Waals surface area (Å²) in [6.45, 7) is 3.23. The number of carboxylic acid groups (broad SMARTS) is 1. The Morgan fingerprint density at radius 3 is 2.22 bits per heavy atom. The van der Waals surface area contributed by atoms with Crippen molar-refractivity contribution < 1.29 is 9.90 Å². The SMILES string of the molecule is CC=C=C(C)C(=O)O.[NaH]. The van der Waals surface area contributed by atoms with Gasteiger partial charge in [0, 0.05) is 0 Å². The summed E-state index contributed by atoms with van der Waals surface area (Å²) in [7, 11) is 0. The van der Waals surface area contributed by atoms with Crippen molar-refractivity contribution in [2.75, 3.05) is 0 Å². The van der Waals surface area contributed by atoms with Crippen LogP contribution >= 0.6 is 0 Å². The van der Waals surface area contributed by atoms with Gasteiger partial charge in [-0.05, 0) is 19.9 Å². The minimum absolute atomic E-state index is 0. The third-order valence-electron chi connectivity index (χ3n) is 0.682. The molecule has 0 spiro atoms. The quantitative estimate of drug-likeness (QED) is 0.324. The summed E-state index contributed by atoms with van der Waals surface area (Å²) in [5.74, 6) is -0.914. The van der Waals surface area contributed by atoms with Crippen molar-refractivity contribution in [3.63, 3.8) is 0 Å². The van der Waals surface area contributed by atoms with E-state index in [2.05, 4.69) is 5.73 Å². The normalized spacial score (nSPS) is 6.44. The van der Waals surface area contributed by atoms with Crippen LogP contribution in [0.4, 0.5) is 0 Å². The van der Waals surface area contributed by atoms with Gasteiger partial charge < -0.3 is 5.11 Å². The van der Waals surface area contributed by atoms with Gasteiger partial charge in [-0.3, -0.25) is 0 Å². The predicted molar refractivity (Wildman–Crippen MR) is 37.7 cm³/mol. The van der Waals surface area contributed by atoms with Crippen molar-refractivity contribution in [2.45, 2.75) is 13.8 Å². The van der Waals surface area contributed by atoms with Crippen molar-refractivity contribution in [1.29, 1.82) is 0 Å². The fraction of sp³-hybridized carbons (Fsp3) is 0.333. The molecule has 0 fully saturated rings. The van der Waals surface area contributed by atoms with Gasteiger partial charge in [0.15, 0.2) is 0 Å². The Kier molecular flexibility index (Phi) is 7.98. The second kappa shape index (κ2) is 6.12. The molecule has 0 atom stereocenters. The summed E-state index contributed by atoms with van der Waals surface area (Å²) in [4.78, 5) is 9.97. The number of carbonyl (C=O) groups is 1. The van der Waals surface area contributed by atoms with E-state index in [4.69, 9.17) is 5.11 Å². The first-order valence-corrected chi connectivity index (χ1v) is 2.29. The molecule has 9 heavy (non-hydrogen) atoms. The Hall–Kier alpha value is -0.0100. The molecule has 0 radical (unpaired) electrons. The molecule has 0 aliphatic heterocycles. The van der Waals surface area contributed by atoms with E-state index in [0.29, 0.717) is 0 Å². The summed E-state index contributed by atoms with van der Waals surface area (Å²) >= 11 is 0. The van der Waals surface area contributed by atoms with Gasteiger partial charge in [-0.2, -0.15) is 0 Å². The molecule has 0 amide bonds. The summed E-state index contributed by atoms with van der Waals surface area (Å²) in [6.07, 6.45) is 1.57. The van der Waals surface area contributed by atoms with Gasteiger partial charge in [0.1, 0.15) is 0 Å². The zero-order valence-corrected chi connectivity index (χ0v) is 4.93. The molecule has 0 rings (SSSR count). The first-order valence-electron chi connectivity index (χ1n) is 2.29. The Morgan fingerprint density at radius 2 is 2.11 bits per heavy atom. The summed E-state index contributed by atoms with van der Waals surface area (Å²) in [6, 6.07) is 0. The van der Waals surface area contributed by atoms with Crippen LogP contribution in [0.1, 0.15) is 13.8 Å². The molecule has 0 saturated carbocycles. The van der Waals surface area contributed by atoms with Gasteiger partial charge in [0.2, 0.25) is 0 Å². The van der Waals surface area contributed by atoms with Crippen LogP contribution in [0, 0.1) is 0 Å². The molecule has 0 unspecified atom stereocenters. The fourth-order valence-corrected chi connectivity index (χ4v) is 0.278. The van der Waals surface area contributed by atoms with Crippen LogP contribution in [0.15, 0.2) is 17.4 Å². The molecule has 0 aliphatic carbocycles. The molecule has 0 aromatic rings. The third-order valence-corrected chi connectivity index (χ3v) is 0.682. The fourth-order valence-electron chi connectivity index (χ4n) is 0.278. The van der Waals surface area contributed by atoms with E-state index >= 15 is 0 Å². The van der Waals surface area contributed by atoms with Crippen LogP contribution in [-0.4, -0.2) is 40.6 Å². The maximum absolute atomic E-state index is 9.97. The second-order valence-corrected chi connectivity index (χ2v) is 1.36. The summed E-state index contributed by atoms with van der Waals surface area (Å²) < 4.78 is 0. The molecule has 46 valence electrons. The van der Waals surface area contributed by atoms with Crippen LogP contribution < -0.4 is 0 Å². The van der Waals surface area contributed by atoms with E-state index in [0.717, 1.165) is 0 Å². The van der Waals surface area contributed by atoms with E-state index < -0.39 is 5.97 Å². The Morgan fingerprint density at radius 1 is 1.67 bits per heavy atom. The van der Waals surface area contributed by atoms with Crippen molar-refractivity contribution in [3.05, 3.63) is 17.4 Å². The number of carboxylic acids is 1. The van der Waals surface area contributed by atoms with Crippen LogP contribution in [0.5, 0.6) is 0 Å². The van der Waals surface area contributed by atoms with Gasteiger partial charge in [0.25, 0.3) is 0 Å². The zero-order valence-electron chi connectivity index (χ0n) is 4.93. The van der Waals surface area contributed by atoms with Crippen molar-refractivity contribution in [1.82, 2.24) is 0 Å². The van der Waals surface area contributed by atoms with Crippen molar-refractivity contribution >= 4 is 35.5 Å². The van der Waals surface area contributed by atoms with Gasteiger partial charge in [-0.25, -0.2) is 4.79 Å². The summed E-state index contributed by atoms with van der Waals surface area (Å²) in [5, 5.41) is 8.19. The minimum atomic E-state index is -0.914. The van der Waals surface area contributed by atoms with E-state index in [-0.39, 0.29) is 35.1 Å². The van der Waals surface area contributed by atoms with Crippen LogP contribution in [0.2, 0.25) is 0 Å². The molecule has 1 N–H and O–H groups in total. The Balaban J connectivity index is 0. The Labute approximate surface area is 76.6 Å². The molecule has 0 heterocycles. The molecule has 0 saturated heterocycles. The molecular formula is C6H9NaO2.